The van der Waals surface area contributed by atoms with Crippen molar-refractivity contribution in [3.05, 3.63) is 35.0 Å². The molecule has 1 unspecified atom stereocenters. The van der Waals surface area contributed by atoms with Gasteiger partial charge < -0.3 is 14.2 Å². The van der Waals surface area contributed by atoms with E-state index < -0.39 is 0 Å². The van der Waals surface area contributed by atoms with Crippen LogP contribution in [0.3, 0.4) is 0 Å². The minimum absolute atomic E-state index is 0.0616. The summed E-state index contributed by atoms with van der Waals surface area (Å²) in [6.07, 6.45) is 2.34. The molecule has 1 fully saturated rings. The zero-order chi connectivity index (χ0) is 14.8. The number of aryl methyl sites for hydroxylation is 2. The maximum atomic E-state index is 12.9. The van der Waals surface area contributed by atoms with Crippen molar-refractivity contribution < 1.29 is 14.1 Å². The molecule has 0 saturated carbocycles. The Bertz CT molecular complexity index is 620. The topological polar surface area (TPSA) is 84.2 Å². The fraction of sp³-hybridized carbons (Fsp3) is 0.500. The lowest BCUT2D eigenvalue weighted by atomic mass is 10.1. The minimum Gasteiger partial charge on any atom is -0.377 e. The van der Waals surface area contributed by atoms with Gasteiger partial charge in [0.05, 0.1) is 30.6 Å². The molecule has 0 aromatic carbocycles. The molecule has 0 radical (unpaired) electrons. The highest BCUT2D eigenvalue weighted by atomic mass is 16.5. The molecule has 7 heteroatoms. The summed E-state index contributed by atoms with van der Waals surface area (Å²) < 4.78 is 10.7. The van der Waals surface area contributed by atoms with Gasteiger partial charge in [-0.1, -0.05) is 12.1 Å². The SMILES string of the molecule is CCc1noc(C)c1C(=O)N1CCOCC1c1ccn[nH]1. The molecule has 1 amide bonds. The molecule has 1 aliphatic rings. The van der Waals surface area contributed by atoms with E-state index in [1.54, 1.807) is 18.0 Å². The molecule has 3 heterocycles. The average molecular weight is 290 g/mol. The fourth-order valence-electron chi connectivity index (χ4n) is 2.63. The molecule has 0 bridgehead atoms. The van der Waals surface area contributed by atoms with Crippen LogP contribution in [0.1, 0.15) is 40.5 Å². The maximum Gasteiger partial charge on any atom is 0.260 e. The number of rotatable bonds is 3. The van der Waals surface area contributed by atoms with E-state index in [4.69, 9.17) is 9.26 Å². The number of carbonyl (C=O) groups is 1. The number of nitrogens with one attached hydrogen (secondary N) is 1. The molecule has 0 aliphatic carbocycles. The first kappa shape index (κ1) is 13.8. The fourth-order valence-corrected chi connectivity index (χ4v) is 2.63. The number of aromatic amines is 1. The monoisotopic (exact) mass is 290 g/mol. The van der Waals surface area contributed by atoms with Crippen LogP contribution in [0.25, 0.3) is 0 Å². The van der Waals surface area contributed by atoms with Gasteiger partial charge in [-0.15, -0.1) is 0 Å². The molecule has 0 spiro atoms. The van der Waals surface area contributed by atoms with Crippen LogP contribution < -0.4 is 0 Å². The predicted molar refractivity (Wildman–Crippen MR) is 73.8 cm³/mol. The number of nitrogens with zero attached hydrogens (tertiary/aromatic N) is 3. The number of H-pyrrole nitrogens is 1. The van der Waals surface area contributed by atoms with E-state index in [0.717, 1.165) is 5.69 Å². The molecule has 1 atom stereocenters. The van der Waals surface area contributed by atoms with Crippen LogP contribution in [-0.4, -0.2) is 45.9 Å². The molecule has 2 aromatic rings. The highest BCUT2D eigenvalue weighted by Crippen LogP contribution is 2.26. The molecule has 1 N–H and O–H groups in total. The number of aromatic nitrogens is 3. The lowest BCUT2D eigenvalue weighted by Crippen LogP contribution is -2.44. The summed E-state index contributed by atoms with van der Waals surface area (Å²) >= 11 is 0. The average Bonchev–Trinajstić information content (AvgIpc) is 3.16. The Hall–Kier alpha value is -2.15. The lowest BCUT2D eigenvalue weighted by molar-refractivity contribution is -0.00405. The largest absolute Gasteiger partial charge is 0.377 e. The van der Waals surface area contributed by atoms with Crippen LogP contribution in [0.15, 0.2) is 16.8 Å². The molecule has 7 nitrogen and oxygen atoms in total. The summed E-state index contributed by atoms with van der Waals surface area (Å²) in [5.41, 5.74) is 2.14. The highest BCUT2D eigenvalue weighted by Gasteiger charge is 2.33. The second-order valence-electron chi connectivity index (χ2n) is 5.02. The van der Waals surface area contributed by atoms with E-state index in [-0.39, 0.29) is 11.9 Å². The van der Waals surface area contributed by atoms with E-state index >= 15 is 0 Å². The Balaban J connectivity index is 1.93. The van der Waals surface area contributed by atoms with Gasteiger partial charge in [0, 0.05) is 12.7 Å². The zero-order valence-corrected chi connectivity index (χ0v) is 12.1. The van der Waals surface area contributed by atoms with Crippen molar-refractivity contribution in [1.29, 1.82) is 0 Å². The Labute approximate surface area is 122 Å². The summed E-state index contributed by atoms with van der Waals surface area (Å²) in [6.45, 7) is 5.25. The Kier molecular flexibility index (Phi) is 3.74. The summed E-state index contributed by atoms with van der Waals surface area (Å²) in [5.74, 6) is 0.500. The zero-order valence-electron chi connectivity index (χ0n) is 12.1. The van der Waals surface area contributed by atoms with Gasteiger partial charge in [0.15, 0.2) is 0 Å². The molecule has 1 aliphatic heterocycles. The molecular formula is C14H18N4O3. The van der Waals surface area contributed by atoms with Gasteiger partial charge in [-0.25, -0.2) is 0 Å². The van der Waals surface area contributed by atoms with Crippen LogP contribution in [0.4, 0.5) is 0 Å². The van der Waals surface area contributed by atoms with Crippen LogP contribution in [0, 0.1) is 6.92 Å². The number of hydrogen-bond donors (Lipinski definition) is 1. The van der Waals surface area contributed by atoms with Crippen LogP contribution in [-0.2, 0) is 11.2 Å². The van der Waals surface area contributed by atoms with Gasteiger partial charge in [0.25, 0.3) is 5.91 Å². The first-order chi connectivity index (χ1) is 10.2. The molecule has 112 valence electrons. The van der Waals surface area contributed by atoms with Crippen LogP contribution >= 0.6 is 0 Å². The van der Waals surface area contributed by atoms with Crippen molar-refractivity contribution in [2.75, 3.05) is 19.8 Å². The maximum absolute atomic E-state index is 12.9. The van der Waals surface area contributed by atoms with E-state index in [0.29, 0.717) is 43.2 Å². The molecular weight excluding hydrogens is 272 g/mol. The van der Waals surface area contributed by atoms with E-state index in [2.05, 4.69) is 15.4 Å². The molecule has 1 saturated heterocycles. The van der Waals surface area contributed by atoms with Gasteiger partial charge in [-0.2, -0.15) is 5.10 Å². The number of hydrogen-bond acceptors (Lipinski definition) is 5. The van der Waals surface area contributed by atoms with E-state index in [9.17, 15) is 4.79 Å². The van der Waals surface area contributed by atoms with Crippen molar-refractivity contribution in [2.45, 2.75) is 26.3 Å². The summed E-state index contributed by atoms with van der Waals surface area (Å²) in [4.78, 5) is 14.7. The standard InChI is InChI=1S/C14H18N4O3/c1-3-10-13(9(2)21-17-10)14(19)18-6-7-20-8-12(18)11-4-5-15-16-11/h4-5,12H,3,6-8H2,1-2H3,(H,15,16). The smallest absolute Gasteiger partial charge is 0.260 e. The number of morpholine rings is 1. The van der Waals surface area contributed by atoms with Crippen molar-refractivity contribution in [3.63, 3.8) is 0 Å². The van der Waals surface area contributed by atoms with Crippen molar-refractivity contribution in [3.8, 4) is 0 Å². The summed E-state index contributed by atoms with van der Waals surface area (Å²) in [5, 5.41) is 10.8. The summed E-state index contributed by atoms with van der Waals surface area (Å²) in [7, 11) is 0. The predicted octanol–water partition coefficient (Wildman–Crippen LogP) is 1.48. The van der Waals surface area contributed by atoms with Gasteiger partial charge in [0.1, 0.15) is 11.3 Å². The highest BCUT2D eigenvalue weighted by molar-refractivity contribution is 5.96. The van der Waals surface area contributed by atoms with Crippen LogP contribution in [0.5, 0.6) is 0 Å². The molecule has 2 aromatic heterocycles. The lowest BCUT2D eigenvalue weighted by Gasteiger charge is -2.34. The van der Waals surface area contributed by atoms with Gasteiger partial charge in [-0.3, -0.25) is 9.89 Å². The van der Waals surface area contributed by atoms with Crippen molar-refractivity contribution in [2.24, 2.45) is 0 Å². The first-order valence-corrected chi connectivity index (χ1v) is 7.05. The quantitative estimate of drug-likeness (QED) is 0.925. The van der Waals surface area contributed by atoms with E-state index in [1.165, 1.54) is 0 Å². The normalized spacial score (nSPS) is 19.0. The second-order valence-corrected chi connectivity index (χ2v) is 5.02. The third-order valence-electron chi connectivity index (χ3n) is 3.75. The first-order valence-electron chi connectivity index (χ1n) is 7.05. The van der Waals surface area contributed by atoms with Crippen molar-refractivity contribution >= 4 is 5.91 Å². The Morgan fingerprint density at radius 3 is 3.14 bits per heavy atom. The third kappa shape index (κ3) is 2.44. The Morgan fingerprint density at radius 1 is 1.57 bits per heavy atom. The number of amides is 1. The van der Waals surface area contributed by atoms with Crippen molar-refractivity contribution in [1.82, 2.24) is 20.3 Å². The Morgan fingerprint density at radius 2 is 2.43 bits per heavy atom. The second kappa shape index (κ2) is 5.69. The van der Waals surface area contributed by atoms with E-state index in [1.807, 2.05) is 13.0 Å². The van der Waals surface area contributed by atoms with Gasteiger partial charge in [-0.05, 0) is 19.4 Å². The van der Waals surface area contributed by atoms with Gasteiger partial charge >= 0.3 is 0 Å². The number of ether oxygens (including phenoxy) is 1. The van der Waals surface area contributed by atoms with Crippen LogP contribution in [0.2, 0.25) is 0 Å². The number of carbonyl (C=O) groups excluding carboxylic acids is 1. The minimum atomic E-state index is -0.159. The van der Waals surface area contributed by atoms with Gasteiger partial charge in [0.2, 0.25) is 0 Å². The molecule has 21 heavy (non-hydrogen) atoms. The third-order valence-corrected chi connectivity index (χ3v) is 3.75. The summed E-state index contributed by atoms with van der Waals surface area (Å²) in [6, 6.07) is 1.70. The molecule has 3 rings (SSSR count).